The maximum absolute atomic E-state index is 12.1. The molecule has 0 bridgehead atoms. The Hall–Kier alpha value is -1.65. The highest BCUT2D eigenvalue weighted by molar-refractivity contribution is 8.00. The number of hydrogen-bond donors (Lipinski definition) is 1. The lowest BCUT2D eigenvalue weighted by Gasteiger charge is -2.12. The van der Waals surface area contributed by atoms with Crippen molar-refractivity contribution in [1.82, 2.24) is 5.32 Å². The van der Waals surface area contributed by atoms with Crippen LogP contribution in [-0.4, -0.2) is 24.8 Å². The van der Waals surface area contributed by atoms with Gasteiger partial charge in [0, 0.05) is 16.5 Å². The lowest BCUT2D eigenvalue weighted by atomic mass is 10.1. The van der Waals surface area contributed by atoms with E-state index < -0.39 is 0 Å². The van der Waals surface area contributed by atoms with Crippen molar-refractivity contribution in [1.29, 1.82) is 0 Å². The summed E-state index contributed by atoms with van der Waals surface area (Å²) in [6.45, 7) is 2.53. The van der Waals surface area contributed by atoms with Crippen LogP contribution in [0.15, 0.2) is 53.4 Å². The quantitative estimate of drug-likeness (QED) is 0.762. The second kappa shape index (κ2) is 8.85. The van der Waals surface area contributed by atoms with E-state index in [2.05, 4.69) is 5.32 Å². The van der Waals surface area contributed by atoms with Crippen LogP contribution in [0.1, 0.15) is 12.5 Å². The SMILES string of the molecule is COc1ccc(CCNC(=O)[C@H](C)Sc2ccc(Cl)cc2)cc1. The van der Waals surface area contributed by atoms with Crippen LogP contribution < -0.4 is 10.1 Å². The van der Waals surface area contributed by atoms with Gasteiger partial charge in [0.2, 0.25) is 5.91 Å². The van der Waals surface area contributed by atoms with E-state index in [9.17, 15) is 4.79 Å². The van der Waals surface area contributed by atoms with Crippen molar-refractivity contribution >= 4 is 29.3 Å². The Labute approximate surface area is 146 Å². The zero-order valence-electron chi connectivity index (χ0n) is 13.2. The molecule has 3 nitrogen and oxygen atoms in total. The molecule has 0 saturated carbocycles. The zero-order valence-corrected chi connectivity index (χ0v) is 14.8. The Morgan fingerprint density at radius 2 is 1.83 bits per heavy atom. The first-order valence-corrected chi connectivity index (χ1v) is 8.67. The average Bonchev–Trinajstić information content (AvgIpc) is 2.57. The Morgan fingerprint density at radius 1 is 1.17 bits per heavy atom. The number of ether oxygens (including phenoxy) is 1. The van der Waals surface area contributed by atoms with Crippen molar-refractivity contribution in [3.05, 3.63) is 59.1 Å². The first-order valence-electron chi connectivity index (χ1n) is 7.41. The summed E-state index contributed by atoms with van der Waals surface area (Å²) in [6.07, 6.45) is 0.800. The molecule has 0 radical (unpaired) electrons. The molecule has 2 aromatic carbocycles. The highest BCUT2D eigenvalue weighted by Crippen LogP contribution is 2.24. The number of carbonyl (C=O) groups excluding carboxylic acids is 1. The summed E-state index contributed by atoms with van der Waals surface area (Å²) in [7, 11) is 1.65. The molecule has 2 aromatic rings. The Kier molecular flexibility index (Phi) is 6.81. The second-order valence-corrected chi connectivity index (χ2v) is 6.95. The van der Waals surface area contributed by atoms with Crippen molar-refractivity contribution < 1.29 is 9.53 Å². The fraction of sp³-hybridized carbons (Fsp3) is 0.278. The molecule has 0 saturated heterocycles. The van der Waals surface area contributed by atoms with Gasteiger partial charge >= 0.3 is 0 Å². The highest BCUT2D eigenvalue weighted by Gasteiger charge is 2.13. The van der Waals surface area contributed by atoms with E-state index in [4.69, 9.17) is 16.3 Å². The summed E-state index contributed by atoms with van der Waals surface area (Å²) in [5, 5.41) is 3.53. The lowest BCUT2D eigenvalue weighted by molar-refractivity contribution is -0.120. The van der Waals surface area contributed by atoms with E-state index in [1.165, 1.54) is 17.3 Å². The summed E-state index contributed by atoms with van der Waals surface area (Å²) >= 11 is 7.38. The second-order valence-electron chi connectivity index (χ2n) is 5.10. The number of hydrogen-bond acceptors (Lipinski definition) is 3. The third kappa shape index (κ3) is 5.81. The number of rotatable bonds is 7. The summed E-state index contributed by atoms with van der Waals surface area (Å²) in [5.41, 5.74) is 1.17. The maximum Gasteiger partial charge on any atom is 0.233 e. The van der Waals surface area contributed by atoms with Crippen LogP contribution in [0.5, 0.6) is 5.75 Å². The standard InChI is InChI=1S/C18H20ClNO2S/c1-13(23-17-9-5-15(19)6-10-17)18(21)20-12-11-14-3-7-16(22-2)8-4-14/h3-10,13H,11-12H2,1-2H3,(H,20,21)/t13-/m0/s1. The summed E-state index contributed by atoms with van der Waals surface area (Å²) in [6, 6.07) is 15.4. The number of thioether (sulfide) groups is 1. The van der Waals surface area contributed by atoms with Gasteiger partial charge in [-0.2, -0.15) is 0 Å². The smallest absolute Gasteiger partial charge is 0.233 e. The van der Waals surface area contributed by atoms with Crippen molar-refractivity contribution in [2.24, 2.45) is 0 Å². The predicted molar refractivity (Wildman–Crippen MR) is 96.5 cm³/mol. The summed E-state index contributed by atoms with van der Waals surface area (Å²) < 4.78 is 5.13. The average molecular weight is 350 g/mol. The molecular formula is C18H20ClNO2S. The minimum Gasteiger partial charge on any atom is -0.497 e. The van der Waals surface area contributed by atoms with Gasteiger partial charge in [0.15, 0.2) is 0 Å². The molecule has 0 aliphatic heterocycles. The molecule has 1 amide bonds. The molecule has 0 aliphatic rings. The molecule has 0 aromatic heterocycles. The minimum atomic E-state index is -0.146. The van der Waals surface area contributed by atoms with Crippen LogP contribution in [-0.2, 0) is 11.2 Å². The monoisotopic (exact) mass is 349 g/mol. The lowest BCUT2D eigenvalue weighted by Crippen LogP contribution is -2.32. The topological polar surface area (TPSA) is 38.3 Å². The van der Waals surface area contributed by atoms with Gasteiger partial charge in [-0.15, -0.1) is 11.8 Å². The van der Waals surface area contributed by atoms with Gasteiger partial charge in [-0.25, -0.2) is 0 Å². The molecule has 1 atom stereocenters. The van der Waals surface area contributed by atoms with Crippen LogP contribution in [0.25, 0.3) is 0 Å². The Morgan fingerprint density at radius 3 is 2.43 bits per heavy atom. The van der Waals surface area contributed by atoms with E-state index >= 15 is 0 Å². The molecule has 0 unspecified atom stereocenters. The molecule has 1 N–H and O–H groups in total. The first-order chi connectivity index (χ1) is 11.1. The van der Waals surface area contributed by atoms with E-state index in [0.29, 0.717) is 11.6 Å². The van der Waals surface area contributed by atoms with Crippen molar-refractivity contribution in [2.45, 2.75) is 23.5 Å². The van der Waals surface area contributed by atoms with E-state index in [1.54, 1.807) is 7.11 Å². The number of carbonyl (C=O) groups is 1. The molecule has 0 fully saturated rings. The van der Waals surface area contributed by atoms with Crippen LogP contribution in [0.3, 0.4) is 0 Å². The number of halogens is 1. The van der Waals surface area contributed by atoms with Crippen molar-refractivity contribution in [3.63, 3.8) is 0 Å². The van der Waals surface area contributed by atoms with Crippen LogP contribution in [0.4, 0.5) is 0 Å². The Bertz CT molecular complexity index is 628. The van der Waals surface area contributed by atoms with E-state index in [1.807, 2.05) is 55.5 Å². The molecule has 0 heterocycles. The minimum absolute atomic E-state index is 0.0402. The largest absolute Gasteiger partial charge is 0.497 e. The van der Waals surface area contributed by atoms with E-state index in [0.717, 1.165) is 17.1 Å². The molecule has 23 heavy (non-hydrogen) atoms. The van der Waals surface area contributed by atoms with Gasteiger partial charge in [0.1, 0.15) is 5.75 Å². The van der Waals surface area contributed by atoms with Gasteiger partial charge in [0.25, 0.3) is 0 Å². The number of amides is 1. The molecule has 122 valence electrons. The molecule has 5 heteroatoms. The van der Waals surface area contributed by atoms with Gasteiger partial charge in [-0.05, 0) is 55.3 Å². The fourth-order valence-corrected chi connectivity index (χ4v) is 3.05. The number of methoxy groups -OCH3 is 1. The van der Waals surface area contributed by atoms with Crippen LogP contribution in [0, 0.1) is 0 Å². The van der Waals surface area contributed by atoms with Gasteiger partial charge in [-0.1, -0.05) is 23.7 Å². The summed E-state index contributed by atoms with van der Waals surface area (Å²) in [4.78, 5) is 13.2. The van der Waals surface area contributed by atoms with Gasteiger partial charge < -0.3 is 10.1 Å². The molecular weight excluding hydrogens is 330 g/mol. The third-order valence-corrected chi connectivity index (χ3v) is 4.73. The normalized spacial score (nSPS) is 11.8. The molecule has 0 aliphatic carbocycles. The summed E-state index contributed by atoms with van der Waals surface area (Å²) in [5.74, 6) is 0.879. The molecule has 0 spiro atoms. The fourth-order valence-electron chi connectivity index (χ4n) is 2.04. The van der Waals surface area contributed by atoms with E-state index in [-0.39, 0.29) is 11.2 Å². The van der Waals surface area contributed by atoms with Crippen LogP contribution >= 0.6 is 23.4 Å². The van der Waals surface area contributed by atoms with Crippen molar-refractivity contribution in [3.8, 4) is 5.75 Å². The highest BCUT2D eigenvalue weighted by atomic mass is 35.5. The number of benzene rings is 2. The first kappa shape index (κ1) is 17.7. The Balaban J connectivity index is 1.75. The van der Waals surface area contributed by atoms with Gasteiger partial charge in [-0.3, -0.25) is 4.79 Å². The van der Waals surface area contributed by atoms with Crippen molar-refractivity contribution in [2.75, 3.05) is 13.7 Å². The predicted octanol–water partition coefficient (Wildman–Crippen LogP) is 4.19. The van der Waals surface area contributed by atoms with Crippen LogP contribution in [0.2, 0.25) is 5.02 Å². The van der Waals surface area contributed by atoms with Gasteiger partial charge in [0.05, 0.1) is 12.4 Å². The third-order valence-electron chi connectivity index (χ3n) is 3.37. The number of nitrogens with one attached hydrogen (secondary N) is 1. The maximum atomic E-state index is 12.1. The molecule has 2 rings (SSSR count). The zero-order chi connectivity index (χ0) is 16.7.